The van der Waals surface area contributed by atoms with Crippen LogP contribution in [0.25, 0.3) is 0 Å². The van der Waals surface area contributed by atoms with Crippen LogP contribution in [-0.4, -0.2) is 18.1 Å². The van der Waals surface area contributed by atoms with Crippen molar-refractivity contribution >= 4 is 23.1 Å². The molecular weight excluding hydrogens is 188 g/mol. The normalized spacial score (nSPS) is 13.2. The van der Waals surface area contributed by atoms with Crippen molar-refractivity contribution in [1.82, 2.24) is 5.43 Å². The Morgan fingerprint density at radius 1 is 1.75 bits per heavy atom. The Bertz CT molecular complexity index is 199. The Balaban J connectivity index is 2.37. The van der Waals surface area contributed by atoms with E-state index in [1.165, 1.54) is 4.88 Å². The van der Waals surface area contributed by atoms with E-state index >= 15 is 0 Å². The summed E-state index contributed by atoms with van der Waals surface area (Å²) in [6, 6.07) is 4.63. The first-order valence-corrected chi connectivity index (χ1v) is 6.11. The molecule has 0 aliphatic heterocycles. The van der Waals surface area contributed by atoms with E-state index in [2.05, 4.69) is 29.2 Å². The molecule has 0 spiro atoms. The smallest absolute Gasteiger partial charge is 0.0349 e. The molecule has 0 aliphatic carbocycles. The highest BCUT2D eigenvalue weighted by Gasteiger charge is 2.06. The third-order valence-corrected chi connectivity index (χ3v) is 3.27. The summed E-state index contributed by atoms with van der Waals surface area (Å²) in [6.45, 7) is 0. The Kier molecular flexibility index (Phi) is 4.68. The van der Waals surface area contributed by atoms with Crippen LogP contribution in [0.3, 0.4) is 0 Å². The summed E-state index contributed by atoms with van der Waals surface area (Å²) >= 11 is 3.61. The van der Waals surface area contributed by atoms with Crippen molar-refractivity contribution in [3.8, 4) is 0 Å². The van der Waals surface area contributed by atoms with Crippen LogP contribution in [0.2, 0.25) is 0 Å². The van der Waals surface area contributed by atoms with E-state index in [0.29, 0.717) is 6.04 Å². The SMILES string of the molecule is CSCC(Cc1cccs1)NN. The second-order valence-corrected chi connectivity index (χ2v) is 4.55. The maximum atomic E-state index is 5.42. The van der Waals surface area contributed by atoms with E-state index in [0.717, 1.165) is 12.2 Å². The van der Waals surface area contributed by atoms with Gasteiger partial charge in [-0.15, -0.1) is 11.3 Å². The number of rotatable bonds is 5. The van der Waals surface area contributed by atoms with Gasteiger partial charge < -0.3 is 0 Å². The van der Waals surface area contributed by atoms with Crippen molar-refractivity contribution in [1.29, 1.82) is 0 Å². The molecule has 12 heavy (non-hydrogen) atoms. The van der Waals surface area contributed by atoms with E-state index in [1.54, 1.807) is 11.3 Å². The molecule has 0 radical (unpaired) electrons. The molecular formula is C8H14N2S2. The van der Waals surface area contributed by atoms with Crippen LogP contribution in [0.5, 0.6) is 0 Å². The molecule has 68 valence electrons. The van der Waals surface area contributed by atoms with E-state index in [9.17, 15) is 0 Å². The predicted molar refractivity (Wildman–Crippen MR) is 57.5 cm³/mol. The van der Waals surface area contributed by atoms with Gasteiger partial charge in [-0.05, 0) is 24.1 Å². The first-order valence-electron chi connectivity index (χ1n) is 3.84. The summed E-state index contributed by atoms with van der Waals surface area (Å²) in [5.74, 6) is 6.48. The lowest BCUT2D eigenvalue weighted by atomic mass is 10.2. The molecule has 0 fully saturated rings. The molecule has 1 aromatic heterocycles. The van der Waals surface area contributed by atoms with Crippen LogP contribution >= 0.6 is 23.1 Å². The zero-order chi connectivity index (χ0) is 8.81. The topological polar surface area (TPSA) is 38.0 Å². The third-order valence-electron chi connectivity index (χ3n) is 1.63. The Hall–Kier alpha value is -0.0300. The second kappa shape index (κ2) is 5.59. The molecule has 3 N–H and O–H groups in total. The van der Waals surface area contributed by atoms with Crippen LogP contribution < -0.4 is 11.3 Å². The average molecular weight is 202 g/mol. The summed E-state index contributed by atoms with van der Waals surface area (Å²) < 4.78 is 0. The van der Waals surface area contributed by atoms with Gasteiger partial charge >= 0.3 is 0 Å². The van der Waals surface area contributed by atoms with Crippen molar-refractivity contribution in [2.75, 3.05) is 12.0 Å². The number of nitrogens with one attached hydrogen (secondary N) is 1. The number of hydrogen-bond acceptors (Lipinski definition) is 4. The Morgan fingerprint density at radius 2 is 2.58 bits per heavy atom. The lowest BCUT2D eigenvalue weighted by molar-refractivity contribution is 0.579. The third kappa shape index (κ3) is 3.15. The van der Waals surface area contributed by atoms with Crippen molar-refractivity contribution in [3.63, 3.8) is 0 Å². The van der Waals surface area contributed by atoms with Crippen LogP contribution in [0.1, 0.15) is 4.88 Å². The van der Waals surface area contributed by atoms with Gasteiger partial charge in [-0.1, -0.05) is 6.07 Å². The van der Waals surface area contributed by atoms with E-state index in [4.69, 9.17) is 5.84 Å². The van der Waals surface area contributed by atoms with E-state index in [-0.39, 0.29) is 0 Å². The number of nitrogens with two attached hydrogens (primary N) is 1. The number of thiophene rings is 1. The largest absolute Gasteiger partial charge is 0.271 e. The first-order chi connectivity index (χ1) is 5.86. The molecule has 0 aromatic carbocycles. The number of hydrazine groups is 1. The fraction of sp³-hybridized carbons (Fsp3) is 0.500. The molecule has 1 rings (SSSR count). The summed E-state index contributed by atoms with van der Waals surface area (Å²) in [5, 5.41) is 2.10. The summed E-state index contributed by atoms with van der Waals surface area (Å²) in [6.07, 6.45) is 3.13. The van der Waals surface area contributed by atoms with Gasteiger partial charge in [0.15, 0.2) is 0 Å². The second-order valence-electron chi connectivity index (χ2n) is 2.60. The first kappa shape index (κ1) is 10.1. The molecule has 4 heteroatoms. The van der Waals surface area contributed by atoms with Gasteiger partial charge in [0, 0.05) is 16.7 Å². The number of hydrogen-bond donors (Lipinski definition) is 2. The molecule has 1 aromatic rings. The summed E-state index contributed by atoms with van der Waals surface area (Å²) in [4.78, 5) is 1.40. The standard InChI is InChI=1S/C8H14N2S2/c1-11-6-7(10-9)5-8-3-2-4-12-8/h2-4,7,10H,5-6,9H2,1H3. The minimum absolute atomic E-state index is 0.402. The molecule has 1 heterocycles. The molecule has 0 bridgehead atoms. The molecule has 0 saturated carbocycles. The van der Waals surface area contributed by atoms with E-state index < -0.39 is 0 Å². The number of thioether (sulfide) groups is 1. The summed E-state index contributed by atoms with van der Waals surface area (Å²) in [5.41, 5.74) is 2.83. The fourth-order valence-electron chi connectivity index (χ4n) is 1.04. The van der Waals surface area contributed by atoms with Crippen molar-refractivity contribution in [3.05, 3.63) is 22.4 Å². The van der Waals surface area contributed by atoms with Gasteiger partial charge in [0.1, 0.15) is 0 Å². The molecule has 0 saturated heterocycles. The quantitative estimate of drug-likeness (QED) is 0.561. The molecule has 1 atom stereocenters. The van der Waals surface area contributed by atoms with Gasteiger partial charge in [-0.25, -0.2) is 0 Å². The highest BCUT2D eigenvalue weighted by molar-refractivity contribution is 7.98. The highest BCUT2D eigenvalue weighted by Crippen LogP contribution is 2.12. The fourth-order valence-corrected chi connectivity index (χ4v) is 2.44. The minimum atomic E-state index is 0.402. The predicted octanol–water partition coefficient (Wildman–Crippen LogP) is 1.49. The van der Waals surface area contributed by atoms with Crippen LogP contribution in [0.15, 0.2) is 17.5 Å². The van der Waals surface area contributed by atoms with Crippen molar-refractivity contribution < 1.29 is 0 Å². The van der Waals surface area contributed by atoms with Gasteiger partial charge in [0.25, 0.3) is 0 Å². The Morgan fingerprint density at radius 3 is 3.08 bits per heavy atom. The molecule has 1 unspecified atom stereocenters. The molecule has 0 aliphatic rings. The lowest BCUT2D eigenvalue weighted by Gasteiger charge is -2.12. The zero-order valence-corrected chi connectivity index (χ0v) is 8.75. The van der Waals surface area contributed by atoms with Crippen LogP contribution in [0.4, 0.5) is 0 Å². The average Bonchev–Trinajstić information content (AvgIpc) is 2.56. The maximum Gasteiger partial charge on any atom is 0.0349 e. The zero-order valence-electron chi connectivity index (χ0n) is 7.12. The van der Waals surface area contributed by atoms with E-state index in [1.807, 2.05) is 11.8 Å². The maximum absolute atomic E-state index is 5.42. The van der Waals surface area contributed by atoms with Gasteiger partial charge in [-0.3, -0.25) is 11.3 Å². The van der Waals surface area contributed by atoms with Gasteiger partial charge in [0.2, 0.25) is 0 Å². The Labute approximate surface area is 81.5 Å². The van der Waals surface area contributed by atoms with Crippen molar-refractivity contribution in [2.24, 2.45) is 5.84 Å². The highest BCUT2D eigenvalue weighted by atomic mass is 32.2. The van der Waals surface area contributed by atoms with Crippen LogP contribution in [-0.2, 0) is 6.42 Å². The molecule has 2 nitrogen and oxygen atoms in total. The molecule has 0 amide bonds. The lowest BCUT2D eigenvalue weighted by Crippen LogP contribution is -2.38. The monoisotopic (exact) mass is 202 g/mol. The van der Waals surface area contributed by atoms with Crippen LogP contribution in [0, 0.1) is 0 Å². The van der Waals surface area contributed by atoms with Crippen molar-refractivity contribution in [2.45, 2.75) is 12.5 Å². The van der Waals surface area contributed by atoms with Gasteiger partial charge in [0.05, 0.1) is 0 Å². The summed E-state index contributed by atoms with van der Waals surface area (Å²) in [7, 11) is 0. The minimum Gasteiger partial charge on any atom is -0.271 e. The van der Waals surface area contributed by atoms with Gasteiger partial charge in [-0.2, -0.15) is 11.8 Å².